The predicted octanol–water partition coefficient (Wildman–Crippen LogP) is 3.71. The topological polar surface area (TPSA) is 16.1 Å². The number of hydrogen-bond donors (Lipinski definition) is 0. The smallest absolute Gasteiger partial charge is 0.360 e. The first-order valence-corrected chi connectivity index (χ1v) is 5.60. The summed E-state index contributed by atoms with van der Waals surface area (Å²) in [6, 6.07) is 2.94. The molecule has 6 heteroatoms. The molecule has 1 heterocycles. The zero-order chi connectivity index (χ0) is 12.3. The summed E-state index contributed by atoms with van der Waals surface area (Å²) in [6.07, 6.45) is -3.57. The second-order valence-electron chi connectivity index (χ2n) is 3.42. The first-order valence-electron chi connectivity index (χ1n) is 4.81. The van der Waals surface area contributed by atoms with Crippen LogP contribution in [0.2, 0.25) is 0 Å². The summed E-state index contributed by atoms with van der Waals surface area (Å²) in [5.41, 5.74) is -0.882. The number of hydrogen-bond acceptors (Lipinski definition) is 2. The molecule has 0 amide bonds. The number of halogens is 4. The molecule has 0 aromatic carbocycles. The molecule has 0 bridgehead atoms. The lowest BCUT2D eigenvalue weighted by molar-refractivity contribution is -0.141. The Morgan fingerprint density at radius 3 is 2.50 bits per heavy atom. The average molecular weight is 297 g/mol. The molecule has 0 atom stereocenters. The second-order valence-corrected chi connectivity index (χ2v) is 4.27. The third-order valence-electron chi connectivity index (χ3n) is 2.05. The highest BCUT2D eigenvalue weighted by atomic mass is 79.9. The molecule has 0 unspecified atom stereocenters. The monoisotopic (exact) mass is 296 g/mol. The van der Waals surface area contributed by atoms with Gasteiger partial charge in [-0.2, -0.15) is 13.2 Å². The maximum Gasteiger partial charge on any atom is 0.434 e. The molecule has 1 aromatic rings. The van der Waals surface area contributed by atoms with Crippen molar-refractivity contribution in [3.05, 3.63) is 22.3 Å². The van der Waals surface area contributed by atoms with Gasteiger partial charge in [0.05, 0.1) is 0 Å². The third-order valence-corrected chi connectivity index (χ3v) is 2.69. The number of alkyl halides is 3. The van der Waals surface area contributed by atoms with E-state index in [0.717, 1.165) is 6.42 Å². The molecule has 0 aliphatic rings. The minimum Gasteiger partial charge on any atom is -0.360 e. The fourth-order valence-electron chi connectivity index (χ4n) is 1.29. The van der Waals surface area contributed by atoms with E-state index in [4.69, 9.17) is 0 Å². The van der Waals surface area contributed by atoms with Gasteiger partial charge in [0.15, 0.2) is 5.69 Å². The van der Waals surface area contributed by atoms with E-state index in [1.54, 1.807) is 18.0 Å². The Hall–Kier alpha value is -0.780. The van der Waals surface area contributed by atoms with Crippen LogP contribution in [0.4, 0.5) is 19.0 Å². The van der Waals surface area contributed by atoms with Gasteiger partial charge in [-0.25, -0.2) is 4.98 Å². The van der Waals surface area contributed by atoms with Crippen LogP contribution >= 0.6 is 15.9 Å². The summed E-state index contributed by atoms with van der Waals surface area (Å²) >= 11 is 2.85. The van der Waals surface area contributed by atoms with Gasteiger partial charge < -0.3 is 4.90 Å². The predicted molar refractivity (Wildman–Crippen MR) is 60.5 cm³/mol. The fraction of sp³-hybridized carbons (Fsp3) is 0.500. The first kappa shape index (κ1) is 13.3. The molecule has 0 fully saturated rings. The van der Waals surface area contributed by atoms with E-state index in [1.165, 1.54) is 6.07 Å². The van der Waals surface area contributed by atoms with Crippen molar-refractivity contribution in [1.82, 2.24) is 4.98 Å². The van der Waals surface area contributed by atoms with Crippen LogP contribution in [-0.2, 0) is 6.18 Å². The van der Waals surface area contributed by atoms with Crippen LogP contribution < -0.4 is 4.90 Å². The molecule has 0 saturated carbocycles. The van der Waals surface area contributed by atoms with Crippen molar-refractivity contribution in [2.75, 3.05) is 18.5 Å². The van der Waals surface area contributed by atoms with Crippen LogP contribution in [0.5, 0.6) is 0 Å². The van der Waals surface area contributed by atoms with Crippen molar-refractivity contribution in [3.63, 3.8) is 0 Å². The van der Waals surface area contributed by atoms with Crippen LogP contribution in [0.1, 0.15) is 19.0 Å². The lowest BCUT2D eigenvalue weighted by atomic mass is 10.3. The summed E-state index contributed by atoms with van der Waals surface area (Å²) in [5.74, 6) is 0.331. The summed E-state index contributed by atoms with van der Waals surface area (Å²) in [7, 11) is 1.72. The van der Waals surface area contributed by atoms with E-state index in [0.29, 0.717) is 12.4 Å². The van der Waals surface area contributed by atoms with Crippen molar-refractivity contribution < 1.29 is 13.2 Å². The molecule has 0 spiro atoms. The Kier molecular flexibility index (Phi) is 4.18. The van der Waals surface area contributed by atoms with E-state index in [-0.39, 0.29) is 4.47 Å². The maximum atomic E-state index is 12.6. The fourth-order valence-corrected chi connectivity index (χ4v) is 1.74. The van der Waals surface area contributed by atoms with E-state index >= 15 is 0 Å². The molecule has 0 aliphatic heterocycles. The number of pyridine rings is 1. The van der Waals surface area contributed by atoms with Crippen molar-refractivity contribution in [2.24, 2.45) is 0 Å². The number of aromatic nitrogens is 1. The highest BCUT2D eigenvalue weighted by Gasteiger charge is 2.35. The van der Waals surface area contributed by atoms with E-state index in [9.17, 15) is 13.2 Å². The Balaban J connectivity index is 3.07. The van der Waals surface area contributed by atoms with Crippen molar-refractivity contribution in [3.8, 4) is 0 Å². The van der Waals surface area contributed by atoms with Crippen LogP contribution in [-0.4, -0.2) is 18.6 Å². The van der Waals surface area contributed by atoms with Gasteiger partial charge in [0.2, 0.25) is 0 Å². The van der Waals surface area contributed by atoms with Gasteiger partial charge in [0.1, 0.15) is 5.82 Å². The molecule has 2 nitrogen and oxygen atoms in total. The minimum absolute atomic E-state index is 0.0337. The lowest BCUT2D eigenvalue weighted by Gasteiger charge is -2.19. The summed E-state index contributed by atoms with van der Waals surface area (Å²) in [5, 5.41) is 0. The van der Waals surface area contributed by atoms with Gasteiger partial charge >= 0.3 is 6.18 Å². The van der Waals surface area contributed by atoms with E-state index in [2.05, 4.69) is 20.9 Å². The largest absolute Gasteiger partial charge is 0.434 e. The Labute approximate surface area is 101 Å². The van der Waals surface area contributed by atoms with Crippen molar-refractivity contribution in [1.29, 1.82) is 0 Å². The Bertz CT molecular complexity index is 366. The van der Waals surface area contributed by atoms with Gasteiger partial charge in [-0.1, -0.05) is 6.92 Å². The molecular weight excluding hydrogens is 285 g/mol. The molecule has 90 valence electrons. The maximum absolute atomic E-state index is 12.6. The van der Waals surface area contributed by atoms with Gasteiger partial charge in [-0.15, -0.1) is 0 Å². The molecular formula is C10H12BrF3N2. The summed E-state index contributed by atoms with van der Waals surface area (Å²) in [4.78, 5) is 5.31. The van der Waals surface area contributed by atoms with Crippen molar-refractivity contribution in [2.45, 2.75) is 19.5 Å². The van der Waals surface area contributed by atoms with Crippen LogP contribution in [0.15, 0.2) is 16.6 Å². The number of nitrogens with zero attached hydrogens (tertiary/aromatic N) is 2. The Morgan fingerprint density at radius 2 is 2.00 bits per heavy atom. The normalized spacial score (nSPS) is 11.6. The molecule has 1 rings (SSSR count). The van der Waals surface area contributed by atoms with Crippen LogP contribution in [0.3, 0.4) is 0 Å². The number of rotatable bonds is 3. The summed E-state index contributed by atoms with van der Waals surface area (Å²) < 4.78 is 37.7. The summed E-state index contributed by atoms with van der Waals surface area (Å²) in [6.45, 7) is 2.63. The highest BCUT2D eigenvalue weighted by molar-refractivity contribution is 9.10. The quantitative estimate of drug-likeness (QED) is 0.845. The van der Waals surface area contributed by atoms with Gasteiger partial charge in [-0.05, 0) is 34.5 Å². The first-order chi connectivity index (χ1) is 7.36. The molecule has 1 aromatic heterocycles. The van der Waals surface area contributed by atoms with Crippen LogP contribution in [0, 0.1) is 0 Å². The second kappa shape index (κ2) is 5.03. The lowest BCUT2D eigenvalue weighted by Crippen LogP contribution is -2.21. The van der Waals surface area contributed by atoms with Crippen molar-refractivity contribution >= 4 is 21.7 Å². The molecule has 0 aliphatic carbocycles. The standard InChI is InChI=1S/C10H12BrF3N2/c1-3-6-16(2)8-5-4-7(11)9(15-8)10(12,13)14/h4-5H,3,6H2,1-2H3. The minimum atomic E-state index is -4.43. The highest BCUT2D eigenvalue weighted by Crippen LogP contribution is 2.34. The van der Waals surface area contributed by atoms with Gasteiger partial charge in [0, 0.05) is 18.1 Å². The van der Waals surface area contributed by atoms with Gasteiger partial charge in [-0.3, -0.25) is 0 Å². The van der Waals surface area contributed by atoms with Crippen LogP contribution in [0.25, 0.3) is 0 Å². The molecule has 0 radical (unpaired) electrons. The van der Waals surface area contributed by atoms with E-state index < -0.39 is 11.9 Å². The third kappa shape index (κ3) is 3.10. The average Bonchev–Trinajstić information content (AvgIpc) is 2.16. The number of anilines is 1. The SMILES string of the molecule is CCCN(C)c1ccc(Br)c(C(F)(F)F)n1. The zero-order valence-electron chi connectivity index (χ0n) is 8.98. The molecule has 0 N–H and O–H groups in total. The molecule has 0 saturated heterocycles. The Morgan fingerprint density at radius 1 is 1.38 bits per heavy atom. The zero-order valence-corrected chi connectivity index (χ0v) is 10.6. The van der Waals surface area contributed by atoms with Gasteiger partial charge in [0.25, 0.3) is 0 Å². The molecule has 16 heavy (non-hydrogen) atoms. The van der Waals surface area contributed by atoms with E-state index in [1.807, 2.05) is 6.92 Å².